The van der Waals surface area contributed by atoms with Crippen molar-refractivity contribution in [1.82, 2.24) is 4.67 Å². The van der Waals surface area contributed by atoms with Gasteiger partial charge in [0.2, 0.25) is 0 Å². The molecule has 2 N–H and O–H groups in total. The number of ether oxygens (including phenoxy) is 1. The van der Waals surface area contributed by atoms with Crippen molar-refractivity contribution in [1.29, 1.82) is 0 Å². The van der Waals surface area contributed by atoms with Gasteiger partial charge in [-0.1, -0.05) is 26.0 Å². The molecule has 1 fully saturated rings. The summed E-state index contributed by atoms with van der Waals surface area (Å²) in [6, 6.07) is 15.0. The number of benzene rings is 3. The molecule has 1 saturated heterocycles. The van der Waals surface area contributed by atoms with Crippen LogP contribution in [-0.4, -0.2) is 54.9 Å². The zero-order valence-electron chi connectivity index (χ0n) is 23.4. The Hall–Kier alpha value is -3.79. The lowest BCUT2D eigenvalue weighted by molar-refractivity contribution is -0.383. The molecule has 3 aromatic carbocycles. The third-order valence-corrected chi connectivity index (χ3v) is 11.0. The highest BCUT2D eigenvalue weighted by Crippen LogP contribution is 2.54. The van der Waals surface area contributed by atoms with E-state index in [0.29, 0.717) is 37.3 Å². The summed E-state index contributed by atoms with van der Waals surface area (Å²) < 4.78 is 36.2. The van der Waals surface area contributed by atoms with Crippen LogP contribution in [0.15, 0.2) is 60.7 Å². The fraction of sp³-hybridized carbons (Fsp3) is 0.345. The summed E-state index contributed by atoms with van der Waals surface area (Å²) in [7, 11) is -1.88. The summed E-state index contributed by atoms with van der Waals surface area (Å²) in [5, 5.41) is 18.2. The molecule has 0 aromatic heterocycles. The van der Waals surface area contributed by atoms with Crippen LogP contribution in [0.3, 0.4) is 0 Å². The van der Waals surface area contributed by atoms with E-state index in [1.54, 1.807) is 16.8 Å². The molecule has 0 bridgehead atoms. The standard InChI is InChI=1S/C29H33FN5O5P/c1-19-29(2,3)22-17-27(24(18-26(22)33(19)4)31-28(36)20-9-11-21(30)12-10-20)41(39,34-13-15-40-16-14-34)32-23-7-5-6-8-25(23)35(37)38/h5-12,17-19H,13-16H2,1-4H3,(H,31,36)(H,32,39)/t19-,41-/m0/s1. The maximum atomic E-state index is 15.4. The van der Waals surface area contributed by atoms with Gasteiger partial charge in [-0.15, -0.1) is 0 Å². The number of nitro benzene ring substituents is 1. The number of hydrogen-bond donors (Lipinski definition) is 2. The molecular weight excluding hydrogens is 548 g/mol. The number of carbonyl (C=O) groups excluding carboxylic acids is 1. The highest BCUT2D eigenvalue weighted by molar-refractivity contribution is 7.71. The van der Waals surface area contributed by atoms with Crippen LogP contribution < -0.4 is 20.6 Å². The van der Waals surface area contributed by atoms with E-state index in [0.717, 1.165) is 11.3 Å². The molecule has 2 heterocycles. The van der Waals surface area contributed by atoms with Crippen molar-refractivity contribution < 1.29 is 23.4 Å². The Morgan fingerprint density at radius 2 is 1.76 bits per heavy atom. The van der Waals surface area contributed by atoms with Gasteiger partial charge in [0.15, 0.2) is 0 Å². The summed E-state index contributed by atoms with van der Waals surface area (Å²) in [5.41, 5.74) is 1.91. The molecule has 0 spiro atoms. The molecule has 0 saturated carbocycles. The number of halogens is 1. The number of amides is 1. The van der Waals surface area contributed by atoms with Crippen molar-refractivity contribution in [3.63, 3.8) is 0 Å². The molecular formula is C29H33FN5O5P. The second-order valence-corrected chi connectivity index (χ2v) is 13.3. The molecule has 2 aliphatic heterocycles. The predicted octanol–water partition coefficient (Wildman–Crippen LogP) is 5.36. The van der Waals surface area contributed by atoms with Crippen molar-refractivity contribution in [3.8, 4) is 0 Å². The number of rotatable bonds is 7. The second kappa shape index (κ2) is 10.9. The molecule has 3 aromatic rings. The number of nitro groups is 1. The summed E-state index contributed by atoms with van der Waals surface area (Å²) in [4.78, 5) is 26.8. The number of nitrogens with zero attached hydrogens (tertiary/aromatic N) is 3. The first-order valence-electron chi connectivity index (χ1n) is 13.4. The van der Waals surface area contributed by atoms with Gasteiger partial charge in [-0.05, 0) is 55.0 Å². The third-order valence-electron chi connectivity index (χ3n) is 8.25. The molecule has 0 unspecified atom stereocenters. The van der Waals surface area contributed by atoms with Crippen molar-refractivity contribution in [2.45, 2.75) is 32.2 Å². The fourth-order valence-corrected chi connectivity index (χ4v) is 8.02. The van der Waals surface area contributed by atoms with Gasteiger partial charge in [0.1, 0.15) is 11.5 Å². The van der Waals surface area contributed by atoms with E-state index in [2.05, 4.69) is 36.1 Å². The van der Waals surface area contributed by atoms with E-state index < -0.39 is 24.1 Å². The van der Waals surface area contributed by atoms with Gasteiger partial charge in [0, 0.05) is 48.9 Å². The predicted molar refractivity (Wildman–Crippen MR) is 158 cm³/mol. The number of nitrogens with one attached hydrogen (secondary N) is 2. The lowest BCUT2D eigenvalue weighted by Gasteiger charge is -2.36. The minimum Gasteiger partial charge on any atom is -0.379 e. The zero-order chi connectivity index (χ0) is 29.5. The van der Waals surface area contributed by atoms with Crippen LogP contribution in [0.5, 0.6) is 0 Å². The van der Waals surface area contributed by atoms with Crippen LogP contribution in [0, 0.1) is 15.9 Å². The summed E-state index contributed by atoms with van der Waals surface area (Å²) in [6.07, 6.45) is 0. The monoisotopic (exact) mass is 581 g/mol. The molecule has 1 amide bonds. The van der Waals surface area contributed by atoms with Crippen LogP contribution in [-0.2, 0) is 14.7 Å². The first kappa shape index (κ1) is 28.7. The maximum Gasteiger partial charge on any atom is 0.292 e. The van der Waals surface area contributed by atoms with E-state index in [1.807, 2.05) is 19.2 Å². The van der Waals surface area contributed by atoms with Crippen molar-refractivity contribution in [3.05, 3.63) is 87.7 Å². The minimum absolute atomic E-state index is 0.0966. The molecule has 12 heteroatoms. The highest BCUT2D eigenvalue weighted by atomic mass is 31.2. The SMILES string of the molecule is C[C@@H]1N(C)c2cc(NC(=O)c3ccc(F)cc3)c([P@](=O)(Nc3ccccc3[N+](=O)[O-])N3CCOCC3)cc2C1(C)C. The second-order valence-electron chi connectivity index (χ2n) is 10.9. The zero-order valence-corrected chi connectivity index (χ0v) is 24.3. The number of para-hydroxylation sites is 2. The van der Waals surface area contributed by atoms with E-state index in [4.69, 9.17) is 4.74 Å². The highest BCUT2D eigenvalue weighted by Gasteiger charge is 2.44. The lowest BCUT2D eigenvalue weighted by atomic mass is 9.81. The van der Waals surface area contributed by atoms with E-state index >= 15 is 4.57 Å². The van der Waals surface area contributed by atoms with Gasteiger partial charge >= 0.3 is 0 Å². The van der Waals surface area contributed by atoms with E-state index in [9.17, 15) is 19.3 Å². The number of hydrogen-bond acceptors (Lipinski definition) is 6. The quantitative estimate of drug-likeness (QED) is 0.218. The number of anilines is 3. The van der Waals surface area contributed by atoms with Crippen molar-refractivity contribution in [2.75, 3.05) is 48.7 Å². The van der Waals surface area contributed by atoms with E-state index in [1.165, 1.54) is 36.4 Å². The van der Waals surface area contributed by atoms with Gasteiger partial charge in [-0.3, -0.25) is 19.5 Å². The minimum atomic E-state index is -3.85. The van der Waals surface area contributed by atoms with Gasteiger partial charge in [-0.2, -0.15) is 0 Å². The van der Waals surface area contributed by atoms with E-state index in [-0.39, 0.29) is 28.4 Å². The molecule has 216 valence electrons. The smallest absolute Gasteiger partial charge is 0.292 e. The Bertz CT molecular complexity index is 1540. The topological polar surface area (TPSA) is 117 Å². The Morgan fingerprint density at radius 1 is 1.10 bits per heavy atom. The Morgan fingerprint density at radius 3 is 2.41 bits per heavy atom. The van der Waals surface area contributed by atoms with Crippen molar-refractivity contribution >= 4 is 41.4 Å². The molecule has 0 radical (unpaired) electrons. The average molecular weight is 582 g/mol. The van der Waals surface area contributed by atoms with Crippen LogP contribution in [0.25, 0.3) is 0 Å². The summed E-state index contributed by atoms with van der Waals surface area (Å²) in [6.45, 7) is 7.60. The molecule has 2 aliphatic rings. The summed E-state index contributed by atoms with van der Waals surface area (Å²) in [5.74, 6) is -0.971. The third kappa shape index (κ3) is 5.21. The first-order valence-corrected chi connectivity index (χ1v) is 15.0. The van der Waals surface area contributed by atoms with Crippen LogP contribution in [0.1, 0.15) is 36.7 Å². The fourth-order valence-electron chi connectivity index (χ4n) is 5.46. The maximum absolute atomic E-state index is 15.4. The Labute approximate surface area is 238 Å². The van der Waals surface area contributed by atoms with Crippen LogP contribution in [0.4, 0.5) is 27.1 Å². The molecule has 41 heavy (non-hydrogen) atoms. The Kier molecular flexibility index (Phi) is 7.63. The summed E-state index contributed by atoms with van der Waals surface area (Å²) >= 11 is 0. The van der Waals surface area contributed by atoms with Crippen LogP contribution in [0.2, 0.25) is 0 Å². The Balaban J connectivity index is 1.71. The van der Waals surface area contributed by atoms with Gasteiger partial charge in [-0.25, -0.2) is 9.06 Å². The largest absolute Gasteiger partial charge is 0.379 e. The average Bonchev–Trinajstić information content (AvgIpc) is 3.12. The number of morpholine rings is 1. The number of carbonyl (C=O) groups is 1. The van der Waals surface area contributed by atoms with Gasteiger partial charge < -0.3 is 20.0 Å². The number of likely N-dealkylation sites (N-methyl/N-ethyl adjacent to an activating group) is 1. The van der Waals surface area contributed by atoms with Gasteiger partial charge in [0.25, 0.3) is 19.0 Å². The molecule has 10 nitrogen and oxygen atoms in total. The van der Waals surface area contributed by atoms with Crippen molar-refractivity contribution in [2.24, 2.45) is 0 Å². The van der Waals surface area contributed by atoms with Gasteiger partial charge in [0.05, 0.1) is 29.1 Å². The first-order chi connectivity index (χ1) is 19.4. The normalized spacial score (nSPS) is 19.7. The number of fused-ring (bicyclic) bond motifs is 1. The van der Waals surface area contributed by atoms with Crippen LogP contribution >= 0.6 is 7.44 Å². The molecule has 2 atom stereocenters. The molecule has 5 rings (SSSR count). The molecule has 0 aliphatic carbocycles. The lowest BCUT2D eigenvalue weighted by Crippen LogP contribution is -2.40.